The summed E-state index contributed by atoms with van der Waals surface area (Å²) in [6, 6.07) is 17.9. The minimum absolute atomic E-state index is 0.212. The van der Waals surface area contributed by atoms with Crippen LogP contribution >= 0.6 is 0 Å². The Balaban J connectivity index is 1.96. The van der Waals surface area contributed by atoms with Crippen LogP contribution in [0.3, 0.4) is 0 Å². The lowest BCUT2D eigenvalue weighted by atomic mass is 10.0. The molecule has 0 aliphatic heterocycles. The highest BCUT2D eigenvalue weighted by Gasteiger charge is 2.36. The Morgan fingerprint density at radius 3 is 2.21 bits per heavy atom. The number of aryl methyl sites for hydroxylation is 1. The molecule has 0 spiro atoms. The van der Waals surface area contributed by atoms with Crippen molar-refractivity contribution >= 4 is 34.4 Å². The first-order valence-electron chi connectivity index (χ1n) is 13.0. The highest BCUT2D eigenvalue weighted by molar-refractivity contribution is 6.00. The number of ether oxygens (including phenoxy) is 1. The summed E-state index contributed by atoms with van der Waals surface area (Å²) in [6.07, 6.45) is -0.0942. The number of hydrogen-bond donors (Lipinski definition) is 4. The summed E-state index contributed by atoms with van der Waals surface area (Å²) in [5, 5.41) is 27.0. The first-order chi connectivity index (χ1) is 18.6. The Hall–Kier alpha value is -3.95. The second-order valence-electron chi connectivity index (χ2n) is 10.2. The fourth-order valence-corrected chi connectivity index (χ4v) is 4.20. The normalized spacial score (nSPS) is 12.9. The van der Waals surface area contributed by atoms with Gasteiger partial charge in [-0.3, -0.25) is 9.59 Å². The molecule has 4 N–H and O–H groups in total. The SMILES string of the molecule is CCc1ccc(C(C(=O)Nc2ccc3ccccc3c2)N(CCO)C(=O)C(CO)NC(=O)OC(C)(C)C)cc1. The van der Waals surface area contributed by atoms with Crippen LogP contribution in [0.4, 0.5) is 10.5 Å². The van der Waals surface area contributed by atoms with Gasteiger partial charge in [0.1, 0.15) is 17.7 Å². The third-order valence-corrected chi connectivity index (χ3v) is 6.08. The van der Waals surface area contributed by atoms with Crippen molar-refractivity contribution in [2.24, 2.45) is 0 Å². The van der Waals surface area contributed by atoms with Crippen molar-refractivity contribution in [2.75, 3.05) is 25.1 Å². The second-order valence-corrected chi connectivity index (χ2v) is 10.2. The molecular formula is C30H37N3O6. The third-order valence-electron chi connectivity index (χ3n) is 6.08. The quantitative estimate of drug-likeness (QED) is 0.313. The Labute approximate surface area is 228 Å². The number of rotatable bonds is 10. The van der Waals surface area contributed by atoms with Gasteiger partial charge in [-0.2, -0.15) is 0 Å². The molecule has 39 heavy (non-hydrogen) atoms. The van der Waals surface area contributed by atoms with Crippen molar-refractivity contribution in [2.45, 2.75) is 51.8 Å². The summed E-state index contributed by atoms with van der Waals surface area (Å²) in [7, 11) is 0. The molecule has 0 saturated heterocycles. The summed E-state index contributed by atoms with van der Waals surface area (Å²) >= 11 is 0. The van der Waals surface area contributed by atoms with Gasteiger partial charge >= 0.3 is 6.09 Å². The van der Waals surface area contributed by atoms with Gasteiger partial charge in [0.05, 0.1) is 13.2 Å². The van der Waals surface area contributed by atoms with E-state index < -0.39 is 48.8 Å². The van der Waals surface area contributed by atoms with Crippen LogP contribution in [0.2, 0.25) is 0 Å². The van der Waals surface area contributed by atoms with E-state index >= 15 is 0 Å². The number of anilines is 1. The van der Waals surface area contributed by atoms with Crippen molar-refractivity contribution in [1.29, 1.82) is 0 Å². The molecule has 3 aromatic rings. The largest absolute Gasteiger partial charge is 0.444 e. The average Bonchev–Trinajstić information content (AvgIpc) is 2.90. The molecule has 0 radical (unpaired) electrons. The summed E-state index contributed by atoms with van der Waals surface area (Å²) in [5.41, 5.74) is 1.28. The van der Waals surface area contributed by atoms with Crippen LogP contribution < -0.4 is 10.6 Å². The number of fused-ring (bicyclic) bond motifs is 1. The predicted octanol–water partition coefficient (Wildman–Crippen LogP) is 3.79. The molecule has 2 unspecified atom stereocenters. The van der Waals surface area contributed by atoms with E-state index in [1.54, 1.807) is 39.0 Å². The molecule has 9 nitrogen and oxygen atoms in total. The Kier molecular flexibility index (Phi) is 10.0. The molecule has 3 aromatic carbocycles. The number of carbonyl (C=O) groups excluding carboxylic acids is 3. The van der Waals surface area contributed by atoms with Gasteiger partial charge in [-0.25, -0.2) is 4.79 Å². The summed E-state index contributed by atoms with van der Waals surface area (Å²) in [5.74, 6) is -1.25. The maximum Gasteiger partial charge on any atom is 0.408 e. The molecule has 0 bridgehead atoms. The third kappa shape index (κ3) is 8.02. The molecule has 0 fully saturated rings. The van der Waals surface area contributed by atoms with Crippen molar-refractivity contribution in [3.63, 3.8) is 0 Å². The highest BCUT2D eigenvalue weighted by Crippen LogP contribution is 2.26. The molecule has 3 rings (SSSR count). The van der Waals surface area contributed by atoms with E-state index in [1.807, 2.05) is 55.5 Å². The molecule has 3 amide bonds. The van der Waals surface area contributed by atoms with E-state index in [9.17, 15) is 24.6 Å². The van der Waals surface area contributed by atoms with E-state index in [-0.39, 0.29) is 6.54 Å². The fourth-order valence-electron chi connectivity index (χ4n) is 4.20. The van der Waals surface area contributed by atoms with Gasteiger partial charge in [0, 0.05) is 12.2 Å². The maximum atomic E-state index is 13.8. The topological polar surface area (TPSA) is 128 Å². The zero-order valence-electron chi connectivity index (χ0n) is 22.8. The molecule has 0 saturated carbocycles. The summed E-state index contributed by atoms with van der Waals surface area (Å²) in [4.78, 5) is 40.9. The van der Waals surface area contributed by atoms with Crippen LogP contribution in [0.5, 0.6) is 0 Å². The second kappa shape index (κ2) is 13.2. The number of nitrogens with zero attached hydrogens (tertiary/aromatic N) is 1. The highest BCUT2D eigenvalue weighted by atomic mass is 16.6. The maximum absolute atomic E-state index is 13.8. The lowest BCUT2D eigenvalue weighted by Crippen LogP contribution is -2.54. The number of amides is 3. The lowest BCUT2D eigenvalue weighted by molar-refractivity contribution is -0.142. The van der Waals surface area contributed by atoms with Gasteiger partial charge < -0.3 is 30.5 Å². The molecule has 0 aliphatic rings. The standard InChI is InChI=1S/C30H37N3O6/c1-5-20-10-12-22(13-11-20)26(27(36)31-24-15-14-21-8-6-7-9-23(21)18-24)33(16-17-34)28(37)25(19-35)32-29(38)39-30(2,3)4/h6-15,18,25-26,34-35H,5,16-17,19H2,1-4H3,(H,31,36)(H,32,38). The molecule has 0 aliphatic carbocycles. The fraction of sp³-hybridized carbons (Fsp3) is 0.367. The lowest BCUT2D eigenvalue weighted by Gasteiger charge is -2.33. The Bertz CT molecular complexity index is 1290. The van der Waals surface area contributed by atoms with Gasteiger partial charge in [-0.1, -0.05) is 61.5 Å². The summed E-state index contributed by atoms with van der Waals surface area (Å²) in [6.45, 7) is 5.65. The van der Waals surface area contributed by atoms with Crippen LogP contribution in [0, 0.1) is 0 Å². The zero-order chi connectivity index (χ0) is 28.6. The first-order valence-corrected chi connectivity index (χ1v) is 13.0. The average molecular weight is 536 g/mol. The number of carbonyl (C=O) groups is 3. The van der Waals surface area contributed by atoms with E-state index in [2.05, 4.69) is 10.6 Å². The Morgan fingerprint density at radius 2 is 1.62 bits per heavy atom. The minimum Gasteiger partial charge on any atom is -0.444 e. The van der Waals surface area contributed by atoms with E-state index in [0.29, 0.717) is 11.3 Å². The molecule has 9 heteroatoms. The van der Waals surface area contributed by atoms with Crippen LogP contribution in [-0.4, -0.2) is 64.4 Å². The number of aliphatic hydroxyl groups excluding tert-OH is 2. The van der Waals surface area contributed by atoms with Crippen LogP contribution in [-0.2, 0) is 20.7 Å². The number of aliphatic hydroxyl groups is 2. The zero-order valence-corrected chi connectivity index (χ0v) is 22.8. The van der Waals surface area contributed by atoms with Gasteiger partial charge in [0.25, 0.3) is 5.91 Å². The van der Waals surface area contributed by atoms with Crippen LogP contribution in [0.25, 0.3) is 10.8 Å². The number of alkyl carbamates (subject to hydrolysis) is 1. The Morgan fingerprint density at radius 1 is 0.949 bits per heavy atom. The van der Waals surface area contributed by atoms with Crippen molar-refractivity contribution in [3.8, 4) is 0 Å². The molecule has 0 heterocycles. The van der Waals surface area contributed by atoms with Crippen LogP contribution in [0.1, 0.15) is 44.9 Å². The molecule has 0 aromatic heterocycles. The smallest absolute Gasteiger partial charge is 0.408 e. The number of hydrogen-bond acceptors (Lipinski definition) is 6. The molecular weight excluding hydrogens is 498 g/mol. The van der Waals surface area contributed by atoms with Gasteiger partial charge in [0.15, 0.2) is 0 Å². The van der Waals surface area contributed by atoms with Gasteiger partial charge in [0.2, 0.25) is 5.91 Å². The van der Waals surface area contributed by atoms with Gasteiger partial charge in [-0.05, 0) is 61.2 Å². The number of nitrogens with one attached hydrogen (secondary N) is 2. The van der Waals surface area contributed by atoms with Gasteiger partial charge in [-0.15, -0.1) is 0 Å². The van der Waals surface area contributed by atoms with E-state index in [4.69, 9.17) is 4.74 Å². The van der Waals surface area contributed by atoms with Crippen molar-refractivity contribution in [1.82, 2.24) is 10.2 Å². The van der Waals surface area contributed by atoms with E-state index in [1.165, 1.54) is 0 Å². The van der Waals surface area contributed by atoms with E-state index in [0.717, 1.165) is 27.7 Å². The first kappa shape index (κ1) is 29.6. The minimum atomic E-state index is -1.39. The molecule has 208 valence electrons. The van der Waals surface area contributed by atoms with Crippen LogP contribution in [0.15, 0.2) is 66.7 Å². The molecule has 2 atom stereocenters. The van der Waals surface area contributed by atoms with Crippen molar-refractivity contribution in [3.05, 3.63) is 77.9 Å². The number of benzene rings is 3. The predicted molar refractivity (Wildman–Crippen MR) is 150 cm³/mol. The summed E-state index contributed by atoms with van der Waals surface area (Å²) < 4.78 is 5.23. The monoisotopic (exact) mass is 535 g/mol. The van der Waals surface area contributed by atoms with Crippen molar-refractivity contribution < 1.29 is 29.3 Å².